The first-order chi connectivity index (χ1) is 16.7. The molecule has 0 aliphatic heterocycles. The van der Waals surface area contributed by atoms with E-state index in [-0.39, 0.29) is 23.2 Å². The van der Waals surface area contributed by atoms with Crippen LogP contribution in [0.1, 0.15) is 51.9 Å². The van der Waals surface area contributed by atoms with Gasteiger partial charge in [-0.1, -0.05) is 56.9 Å². The van der Waals surface area contributed by atoms with Crippen LogP contribution in [0.25, 0.3) is 10.8 Å². The maximum atomic E-state index is 13.5. The molecule has 0 aliphatic rings. The van der Waals surface area contributed by atoms with E-state index in [0.29, 0.717) is 24.9 Å². The Morgan fingerprint density at radius 3 is 2.37 bits per heavy atom. The number of amides is 1. The number of fused-ring (bicyclic) bond motifs is 1. The summed E-state index contributed by atoms with van der Waals surface area (Å²) in [5, 5.41) is 4.31. The summed E-state index contributed by atoms with van der Waals surface area (Å²) < 4.78 is 29.6. The maximum Gasteiger partial charge on any atom is 0.241 e. The molecule has 1 amide bonds. The quantitative estimate of drug-likeness (QED) is 0.167. The molecule has 0 aliphatic carbocycles. The number of nitrogens with one attached hydrogen (secondary N) is 2. The van der Waals surface area contributed by atoms with Gasteiger partial charge in [-0.15, -0.1) is 0 Å². The SMILES string of the molecule is CCCCCCCNC(=O)C(CCCN=C(N)N)NS(=O)(=O)c1cccc2c(N(C)C)cccc12. The molecule has 0 saturated heterocycles. The molecule has 0 fully saturated rings. The number of anilines is 1. The Balaban J connectivity index is 2.22. The number of aliphatic imine (C=N–C) groups is 1. The molecule has 2 rings (SSSR count). The van der Waals surface area contributed by atoms with Crippen molar-refractivity contribution < 1.29 is 13.2 Å². The number of carbonyl (C=O) groups is 1. The van der Waals surface area contributed by atoms with Gasteiger partial charge in [0.2, 0.25) is 15.9 Å². The van der Waals surface area contributed by atoms with Crippen molar-refractivity contribution in [1.82, 2.24) is 10.0 Å². The van der Waals surface area contributed by atoms with Crippen LogP contribution in [0.3, 0.4) is 0 Å². The van der Waals surface area contributed by atoms with E-state index in [0.717, 1.165) is 36.8 Å². The number of guanidine groups is 1. The predicted molar refractivity (Wildman–Crippen MR) is 144 cm³/mol. The first-order valence-electron chi connectivity index (χ1n) is 12.2. The summed E-state index contributed by atoms with van der Waals surface area (Å²) in [6.45, 7) is 2.97. The van der Waals surface area contributed by atoms with Crippen molar-refractivity contribution in [3.05, 3.63) is 36.4 Å². The maximum absolute atomic E-state index is 13.5. The van der Waals surface area contributed by atoms with Gasteiger partial charge in [-0.3, -0.25) is 9.79 Å². The van der Waals surface area contributed by atoms with Crippen LogP contribution in [0.2, 0.25) is 0 Å². The van der Waals surface area contributed by atoms with E-state index in [1.54, 1.807) is 18.2 Å². The van der Waals surface area contributed by atoms with Gasteiger partial charge >= 0.3 is 0 Å². The molecule has 2 aromatic rings. The molecule has 0 radical (unpaired) electrons. The van der Waals surface area contributed by atoms with E-state index in [1.807, 2.05) is 37.2 Å². The van der Waals surface area contributed by atoms with E-state index in [1.165, 1.54) is 6.42 Å². The predicted octanol–water partition coefficient (Wildman–Crippen LogP) is 2.69. The Morgan fingerprint density at radius 2 is 1.69 bits per heavy atom. The lowest BCUT2D eigenvalue weighted by Crippen LogP contribution is -2.47. The van der Waals surface area contributed by atoms with Crippen LogP contribution in [0.5, 0.6) is 0 Å². The summed E-state index contributed by atoms with van der Waals surface area (Å²) in [7, 11) is -0.164. The van der Waals surface area contributed by atoms with Crippen molar-refractivity contribution in [2.24, 2.45) is 16.5 Å². The fraction of sp³-hybridized carbons (Fsp3) is 0.520. The number of hydrogen-bond donors (Lipinski definition) is 4. The van der Waals surface area contributed by atoms with Crippen LogP contribution in [0, 0.1) is 0 Å². The third-order valence-electron chi connectivity index (χ3n) is 5.77. The van der Waals surface area contributed by atoms with Crippen LogP contribution in [0.15, 0.2) is 46.3 Å². The molecule has 10 heteroatoms. The highest BCUT2D eigenvalue weighted by atomic mass is 32.2. The van der Waals surface area contributed by atoms with Crippen molar-refractivity contribution in [2.45, 2.75) is 62.8 Å². The van der Waals surface area contributed by atoms with Crippen LogP contribution in [0.4, 0.5) is 5.69 Å². The van der Waals surface area contributed by atoms with Gasteiger partial charge in [0.25, 0.3) is 0 Å². The molecule has 0 saturated carbocycles. The number of unbranched alkanes of at least 4 members (excludes halogenated alkanes) is 4. The van der Waals surface area contributed by atoms with Gasteiger partial charge in [-0.25, -0.2) is 8.42 Å². The highest BCUT2D eigenvalue weighted by Gasteiger charge is 2.27. The minimum Gasteiger partial charge on any atom is -0.377 e. The smallest absolute Gasteiger partial charge is 0.241 e. The van der Waals surface area contributed by atoms with Crippen molar-refractivity contribution in [1.29, 1.82) is 0 Å². The van der Waals surface area contributed by atoms with Gasteiger partial charge in [0.15, 0.2) is 5.96 Å². The number of hydrogen-bond acceptors (Lipinski definition) is 5. The Hall–Kier alpha value is -2.85. The molecule has 35 heavy (non-hydrogen) atoms. The zero-order chi connectivity index (χ0) is 25.8. The monoisotopic (exact) mass is 504 g/mol. The van der Waals surface area contributed by atoms with E-state index < -0.39 is 16.1 Å². The summed E-state index contributed by atoms with van der Waals surface area (Å²) in [6.07, 6.45) is 6.05. The van der Waals surface area contributed by atoms with E-state index in [4.69, 9.17) is 11.5 Å². The summed E-state index contributed by atoms with van der Waals surface area (Å²) in [5.74, 6) is -0.380. The molecule has 1 unspecified atom stereocenters. The number of rotatable bonds is 15. The molecule has 6 N–H and O–H groups in total. The van der Waals surface area contributed by atoms with Gasteiger partial charge in [0, 0.05) is 43.6 Å². The van der Waals surface area contributed by atoms with Crippen LogP contribution >= 0.6 is 0 Å². The highest BCUT2D eigenvalue weighted by Crippen LogP contribution is 2.30. The molecule has 194 valence electrons. The fourth-order valence-corrected chi connectivity index (χ4v) is 5.40. The van der Waals surface area contributed by atoms with Gasteiger partial charge in [0.1, 0.15) is 6.04 Å². The summed E-state index contributed by atoms with van der Waals surface area (Å²) in [4.78, 5) is 19.0. The van der Waals surface area contributed by atoms with Crippen molar-refractivity contribution in [3.8, 4) is 0 Å². The minimum atomic E-state index is -3.98. The molecule has 1 atom stereocenters. The zero-order valence-electron chi connectivity index (χ0n) is 21.1. The summed E-state index contributed by atoms with van der Waals surface area (Å²) in [5.41, 5.74) is 11.7. The molecule has 0 aromatic heterocycles. The second kappa shape index (κ2) is 13.9. The van der Waals surface area contributed by atoms with E-state index >= 15 is 0 Å². The minimum absolute atomic E-state index is 0.0360. The summed E-state index contributed by atoms with van der Waals surface area (Å²) in [6, 6.07) is 9.78. The van der Waals surface area contributed by atoms with Crippen LogP contribution < -0.4 is 26.4 Å². The largest absolute Gasteiger partial charge is 0.377 e. The number of carbonyl (C=O) groups excluding carboxylic acids is 1. The number of nitrogens with zero attached hydrogens (tertiary/aromatic N) is 2. The standard InChI is InChI=1S/C25H40N6O3S/c1-4-5-6-7-8-17-28-24(32)21(14-11-18-29-25(26)27)30-35(33,34)23-16-10-12-19-20(23)13-9-15-22(19)31(2)3/h9-10,12-13,15-16,21,30H,4-8,11,14,17-18H2,1-3H3,(H,28,32)(H4,26,27,29). The Morgan fingerprint density at radius 1 is 1.00 bits per heavy atom. The fourth-order valence-electron chi connectivity index (χ4n) is 3.95. The average molecular weight is 505 g/mol. The van der Waals surface area contributed by atoms with Crippen molar-refractivity contribution in [2.75, 3.05) is 32.1 Å². The summed E-state index contributed by atoms with van der Waals surface area (Å²) >= 11 is 0. The Bertz CT molecular complexity index is 1100. The lowest BCUT2D eigenvalue weighted by atomic mass is 10.1. The lowest BCUT2D eigenvalue weighted by molar-refractivity contribution is -0.122. The third kappa shape index (κ3) is 8.70. The second-order valence-corrected chi connectivity index (χ2v) is 10.5. The lowest BCUT2D eigenvalue weighted by Gasteiger charge is -2.20. The Labute approximate surface area is 209 Å². The highest BCUT2D eigenvalue weighted by molar-refractivity contribution is 7.89. The first-order valence-corrected chi connectivity index (χ1v) is 13.7. The van der Waals surface area contributed by atoms with Gasteiger partial charge < -0.3 is 21.7 Å². The van der Waals surface area contributed by atoms with E-state index in [9.17, 15) is 13.2 Å². The van der Waals surface area contributed by atoms with Crippen molar-refractivity contribution in [3.63, 3.8) is 0 Å². The zero-order valence-corrected chi connectivity index (χ0v) is 21.9. The topological polar surface area (TPSA) is 143 Å². The van der Waals surface area contributed by atoms with Gasteiger partial charge in [0.05, 0.1) is 4.90 Å². The second-order valence-electron chi connectivity index (χ2n) is 8.85. The number of sulfonamides is 1. The molecule has 0 spiro atoms. The molecule has 2 aromatic carbocycles. The van der Waals surface area contributed by atoms with Gasteiger partial charge in [-0.2, -0.15) is 4.72 Å². The van der Waals surface area contributed by atoms with E-state index in [2.05, 4.69) is 22.0 Å². The number of nitrogens with two attached hydrogens (primary N) is 2. The molecule has 0 bridgehead atoms. The van der Waals surface area contributed by atoms with Crippen molar-refractivity contribution >= 4 is 38.3 Å². The molecular weight excluding hydrogens is 464 g/mol. The van der Waals surface area contributed by atoms with Crippen LogP contribution in [-0.2, 0) is 14.8 Å². The van der Waals surface area contributed by atoms with Crippen LogP contribution in [-0.4, -0.2) is 53.5 Å². The average Bonchev–Trinajstić information content (AvgIpc) is 2.81. The van der Waals surface area contributed by atoms with Gasteiger partial charge in [-0.05, 0) is 31.4 Å². The first kappa shape index (κ1) is 28.4. The molecule has 0 heterocycles. The molecule has 9 nitrogen and oxygen atoms in total. The number of benzene rings is 2. The normalized spacial score (nSPS) is 12.3. The Kier molecular flexibility index (Phi) is 11.3. The molecular formula is C25H40N6O3S. The third-order valence-corrected chi connectivity index (χ3v) is 7.30.